The number of ether oxygens (including phenoxy) is 1. The number of para-hydroxylation sites is 1. The van der Waals surface area contributed by atoms with Crippen LogP contribution in [0.1, 0.15) is 32.8 Å². The molecular weight excluding hydrogens is 270 g/mol. The summed E-state index contributed by atoms with van der Waals surface area (Å²) in [5, 5.41) is 14.6. The van der Waals surface area contributed by atoms with Crippen molar-refractivity contribution >= 4 is 11.7 Å². The summed E-state index contributed by atoms with van der Waals surface area (Å²) in [6.07, 6.45) is 0.995. The van der Waals surface area contributed by atoms with Crippen LogP contribution in [0.3, 0.4) is 0 Å². The molecule has 0 bridgehead atoms. The third kappa shape index (κ3) is 4.98. The number of carbonyl (C=O) groups excluding carboxylic acids is 1. The first-order valence-electron chi connectivity index (χ1n) is 6.98. The van der Waals surface area contributed by atoms with Gasteiger partial charge in [-0.2, -0.15) is 0 Å². The third-order valence-corrected chi connectivity index (χ3v) is 3.52. The van der Waals surface area contributed by atoms with E-state index in [9.17, 15) is 4.79 Å². The number of rotatable bonds is 7. The number of hydrogen-bond donors (Lipinski definition) is 3. The molecule has 0 fully saturated rings. The van der Waals surface area contributed by atoms with Gasteiger partial charge < -0.3 is 21.0 Å². The molecule has 6 heteroatoms. The Hall–Kier alpha value is -2.24. The van der Waals surface area contributed by atoms with E-state index in [1.807, 2.05) is 6.92 Å². The van der Waals surface area contributed by atoms with Gasteiger partial charge in [0.25, 0.3) is 5.91 Å². The molecule has 0 saturated heterocycles. The van der Waals surface area contributed by atoms with Gasteiger partial charge in [0.1, 0.15) is 5.75 Å². The number of hydrogen-bond acceptors (Lipinski definition) is 4. The van der Waals surface area contributed by atoms with Crippen LogP contribution in [-0.2, 0) is 4.79 Å². The molecule has 1 rings (SSSR count). The SMILES string of the molecule is CCC(C)C(C)NC(=O)COc1ccccc1C(N)=NO. The first-order chi connectivity index (χ1) is 9.99. The second-order valence-corrected chi connectivity index (χ2v) is 5.01. The Balaban J connectivity index is 2.62. The molecule has 1 aromatic carbocycles. The lowest BCUT2D eigenvalue weighted by Gasteiger charge is -2.20. The second-order valence-electron chi connectivity index (χ2n) is 5.01. The van der Waals surface area contributed by atoms with Gasteiger partial charge in [0.15, 0.2) is 12.4 Å². The molecule has 0 aliphatic rings. The van der Waals surface area contributed by atoms with Gasteiger partial charge in [0.05, 0.1) is 5.56 Å². The van der Waals surface area contributed by atoms with Crippen LogP contribution in [0.25, 0.3) is 0 Å². The topological polar surface area (TPSA) is 96.9 Å². The number of oxime groups is 1. The average Bonchev–Trinajstić information content (AvgIpc) is 2.51. The van der Waals surface area contributed by atoms with Crippen molar-refractivity contribution in [3.05, 3.63) is 29.8 Å². The zero-order valence-electron chi connectivity index (χ0n) is 12.7. The normalized spacial score (nSPS) is 14.3. The van der Waals surface area contributed by atoms with E-state index in [0.29, 0.717) is 17.2 Å². The van der Waals surface area contributed by atoms with Gasteiger partial charge in [0.2, 0.25) is 0 Å². The minimum Gasteiger partial charge on any atom is -0.483 e. The summed E-state index contributed by atoms with van der Waals surface area (Å²) < 4.78 is 5.45. The van der Waals surface area contributed by atoms with E-state index in [1.165, 1.54) is 0 Å². The van der Waals surface area contributed by atoms with Crippen molar-refractivity contribution in [3.63, 3.8) is 0 Å². The second kappa shape index (κ2) is 8.14. The summed E-state index contributed by atoms with van der Waals surface area (Å²) in [6, 6.07) is 6.91. The summed E-state index contributed by atoms with van der Waals surface area (Å²) in [6.45, 7) is 6.02. The van der Waals surface area contributed by atoms with Crippen LogP contribution in [0.4, 0.5) is 0 Å². The molecule has 0 heterocycles. The Kier molecular flexibility index (Phi) is 6.52. The fourth-order valence-corrected chi connectivity index (χ4v) is 1.79. The highest BCUT2D eigenvalue weighted by molar-refractivity contribution is 5.99. The van der Waals surface area contributed by atoms with Crippen molar-refractivity contribution in [2.24, 2.45) is 16.8 Å². The molecule has 116 valence electrons. The zero-order valence-corrected chi connectivity index (χ0v) is 12.7. The van der Waals surface area contributed by atoms with Crippen LogP contribution in [0, 0.1) is 5.92 Å². The highest BCUT2D eigenvalue weighted by Crippen LogP contribution is 2.17. The lowest BCUT2D eigenvalue weighted by Crippen LogP contribution is -2.39. The van der Waals surface area contributed by atoms with Crippen molar-refractivity contribution in [2.75, 3.05) is 6.61 Å². The van der Waals surface area contributed by atoms with Crippen LogP contribution >= 0.6 is 0 Å². The molecule has 0 saturated carbocycles. The molecule has 6 nitrogen and oxygen atoms in total. The molecule has 0 aliphatic heterocycles. The Labute approximate surface area is 125 Å². The van der Waals surface area contributed by atoms with Gasteiger partial charge in [-0.05, 0) is 25.0 Å². The van der Waals surface area contributed by atoms with Gasteiger partial charge in [0, 0.05) is 6.04 Å². The van der Waals surface area contributed by atoms with E-state index in [1.54, 1.807) is 24.3 Å². The first kappa shape index (κ1) is 16.8. The van der Waals surface area contributed by atoms with Crippen LogP contribution in [0.5, 0.6) is 5.75 Å². The van der Waals surface area contributed by atoms with Crippen molar-refractivity contribution in [3.8, 4) is 5.75 Å². The van der Waals surface area contributed by atoms with E-state index < -0.39 is 0 Å². The van der Waals surface area contributed by atoms with Crippen molar-refractivity contribution in [1.29, 1.82) is 0 Å². The highest BCUT2D eigenvalue weighted by atomic mass is 16.5. The minimum absolute atomic E-state index is 0.0565. The van der Waals surface area contributed by atoms with Crippen LogP contribution in [0.2, 0.25) is 0 Å². The minimum atomic E-state index is -0.197. The van der Waals surface area contributed by atoms with E-state index >= 15 is 0 Å². The molecule has 1 aromatic rings. The summed E-state index contributed by atoms with van der Waals surface area (Å²) in [5.41, 5.74) is 6.01. The molecule has 0 aliphatic carbocycles. The summed E-state index contributed by atoms with van der Waals surface area (Å²) in [5.74, 6) is 0.550. The molecule has 21 heavy (non-hydrogen) atoms. The number of amides is 1. The van der Waals surface area contributed by atoms with Crippen molar-refractivity contribution in [2.45, 2.75) is 33.2 Å². The lowest BCUT2D eigenvalue weighted by atomic mass is 10.0. The van der Waals surface area contributed by atoms with Crippen molar-refractivity contribution in [1.82, 2.24) is 5.32 Å². The molecule has 0 radical (unpaired) electrons. The Morgan fingerprint density at radius 1 is 1.43 bits per heavy atom. The molecular formula is C15H23N3O3. The quantitative estimate of drug-likeness (QED) is 0.308. The van der Waals surface area contributed by atoms with E-state index in [2.05, 4.69) is 24.3 Å². The zero-order chi connectivity index (χ0) is 15.8. The molecule has 2 atom stereocenters. The maximum absolute atomic E-state index is 11.9. The molecule has 0 spiro atoms. The summed E-state index contributed by atoms with van der Waals surface area (Å²) >= 11 is 0. The third-order valence-electron chi connectivity index (χ3n) is 3.52. The number of carbonyl (C=O) groups is 1. The predicted molar refractivity (Wildman–Crippen MR) is 81.5 cm³/mol. The van der Waals surface area contributed by atoms with Crippen molar-refractivity contribution < 1.29 is 14.7 Å². The predicted octanol–water partition coefficient (Wildman–Crippen LogP) is 1.71. The van der Waals surface area contributed by atoms with Gasteiger partial charge in [-0.25, -0.2) is 0 Å². The fourth-order valence-electron chi connectivity index (χ4n) is 1.79. The van der Waals surface area contributed by atoms with E-state index in [-0.39, 0.29) is 24.4 Å². The Morgan fingerprint density at radius 3 is 2.71 bits per heavy atom. The van der Waals surface area contributed by atoms with Crippen LogP contribution < -0.4 is 15.8 Å². The van der Waals surface area contributed by atoms with Crippen LogP contribution in [0.15, 0.2) is 29.4 Å². The number of nitrogens with zero attached hydrogens (tertiary/aromatic N) is 1. The van der Waals surface area contributed by atoms with Gasteiger partial charge in [-0.15, -0.1) is 0 Å². The first-order valence-corrected chi connectivity index (χ1v) is 6.98. The monoisotopic (exact) mass is 293 g/mol. The number of nitrogens with two attached hydrogens (primary N) is 1. The molecule has 2 unspecified atom stereocenters. The van der Waals surface area contributed by atoms with Gasteiger partial charge in [-0.1, -0.05) is 37.6 Å². The standard InChI is InChI=1S/C15H23N3O3/c1-4-10(2)11(3)17-14(19)9-21-13-8-6-5-7-12(13)15(16)18-20/h5-8,10-11,20H,4,9H2,1-3H3,(H2,16,18)(H,17,19). The maximum atomic E-state index is 11.9. The Morgan fingerprint density at radius 2 is 2.10 bits per heavy atom. The highest BCUT2D eigenvalue weighted by Gasteiger charge is 2.14. The average molecular weight is 293 g/mol. The molecule has 4 N–H and O–H groups in total. The lowest BCUT2D eigenvalue weighted by molar-refractivity contribution is -0.124. The van der Waals surface area contributed by atoms with Gasteiger partial charge in [-0.3, -0.25) is 4.79 Å². The Bertz CT molecular complexity index is 503. The van der Waals surface area contributed by atoms with Gasteiger partial charge >= 0.3 is 0 Å². The molecule has 0 aromatic heterocycles. The summed E-state index contributed by atoms with van der Waals surface area (Å²) in [7, 11) is 0. The van der Waals surface area contributed by atoms with E-state index in [0.717, 1.165) is 6.42 Å². The number of nitrogens with one attached hydrogen (secondary N) is 1. The smallest absolute Gasteiger partial charge is 0.258 e. The summed E-state index contributed by atoms with van der Waals surface area (Å²) in [4.78, 5) is 11.9. The van der Waals surface area contributed by atoms with E-state index in [4.69, 9.17) is 15.7 Å². The fraction of sp³-hybridized carbons (Fsp3) is 0.467. The van der Waals surface area contributed by atoms with Crippen LogP contribution in [-0.4, -0.2) is 29.6 Å². The largest absolute Gasteiger partial charge is 0.483 e. The molecule has 1 amide bonds. The maximum Gasteiger partial charge on any atom is 0.258 e. The number of benzene rings is 1. The number of amidine groups is 1.